The fourth-order valence-corrected chi connectivity index (χ4v) is 2.17. The summed E-state index contributed by atoms with van der Waals surface area (Å²) >= 11 is 0. The van der Waals surface area contributed by atoms with Gasteiger partial charge in [0.1, 0.15) is 6.61 Å². The monoisotopic (exact) mass is 242 g/mol. The van der Waals surface area contributed by atoms with Gasteiger partial charge >= 0.3 is 0 Å². The summed E-state index contributed by atoms with van der Waals surface area (Å²) in [6.45, 7) is 6.75. The summed E-state index contributed by atoms with van der Waals surface area (Å²) in [4.78, 5) is 0. The normalized spacial score (nSPS) is 10.4. The maximum Gasteiger partial charge on any atom is 0.161 e. The molecule has 0 radical (unpaired) electrons. The van der Waals surface area contributed by atoms with E-state index in [2.05, 4.69) is 32.9 Å². The molecule has 0 aromatic heterocycles. The SMILES string of the molecule is Cc1cc(C)c(COc2ccccc2O)c(C)c1. The Labute approximate surface area is 108 Å². The van der Waals surface area contributed by atoms with Gasteiger partial charge in [0.2, 0.25) is 0 Å². The molecule has 94 valence electrons. The Morgan fingerprint density at radius 2 is 1.61 bits per heavy atom. The summed E-state index contributed by atoms with van der Waals surface area (Å²) in [6.07, 6.45) is 0. The van der Waals surface area contributed by atoms with Crippen molar-refractivity contribution in [1.29, 1.82) is 0 Å². The van der Waals surface area contributed by atoms with E-state index < -0.39 is 0 Å². The molecule has 0 atom stereocenters. The minimum absolute atomic E-state index is 0.180. The van der Waals surface area contributed by atoms with Crippen molar-refractivity contribution in [3.05, 3.63) is 58.7 Å². The van der Waals surface area contributed by atoms with Crippen LogP contribution in [0.3, 0.4) is 0 Å². The van der Waals surface area contributed by atoms with Gasteiger partial charge in [0.25, 0.3) is 0 Å². The first kappa shape index (κ1) is 12.5. The Hall–Kier alpha value is -1.96. The van der Waals surface area contributed by atoms with E-state index in [0.29, 0.717) is 12.4 Å². The van der Waals surface area contributed by atoms with Gasteiger partial charge in [-0.1, -0.05) is 29.8 Å². The molecule has 0 aliphatic rings. The number of hydrogen-bond donors (Lipinski definition) is 1. The largest absolute Gasteiger partial charge is 0.504 e. The molecule has 0 spiro atoms. The van der Waals surface area contributed by atoms with Crippen molar-refractivity contribution in [3.8, 4) is 11.5 Å². The van der Waals surface area contributed by atoms with E-state index in [1.807, 2.05) is 6.07 Å². The summed E-state index contributed by atoms with van der Waals surface area (Å²) in [6, 6.07) is 11.3. The molecule has 2 nitrogen and oxygen atoms in total. The van der Waals surface area contributed by atoms with Gasteiger partial charge in [-0.25, -0.2) is 0 Å². The molecule has 2 rings (SSSR count). The van der Waals surface area contributed by atoms with Crippen LogP contribution in [-0.2, 0) is 6.61 Å². The number of hydrogen-bond acceptors (Lipinski definition) is 2. The first-order valence-electron chi connectivity index (χ1n) is 6.05. The third kappa shape index (κ3) is 2.65. The molecule has 2 heteroatoms. The van der Waals surface area contributed by atoms with Crippen molar-refractivity contribution in [2.45, 2.75) is 27.4 Å². The van der Waals surface area contributed by atoms with Gasteiger partial charge in [0.05, 0.1) is 0 Å². The van der Waals surface area contributed by atoms with E-state index in [4.69, 9.17) is 4.74 Å². The van der Waals surface area contributed by atoms with Gasteiger partial charge in [-0.05, 0) is 49.6 Å². The van der Waals surface area contributed by atoms with Crippen molar-refractivity contribution in [3.63, 3.8) is 0 Å². The molecule has 0 unspecified atom stereocenters. The zero-order valence-electron chi connectivity index (χ0n) is 11.0. The zero-order chi connectivity index (χ0) is 13.1. The van der Waals surface area contributed by atoms with Crippen molar-refractivity contribution in [2.24, 2.45) is 0 Å². The van der Waals surface area contributed by atoms with Crippen molar-refractivity contribution in [1.82, 2.24) is 0 Å². The fourth-order valence-electron chi connectivity index (χ4n) is 2.17. The number of rotatable bonds is 3. The first-order valence-corrected chi connectivity index (χ1v) is 6.05. The zero-order valence-corrected chi connectivity index (χ0v) is 11.0. The van der Waals surface area contributed by atoms with E-state index in [9.17, 15) is 5.11 Å². The second-order valence-corrected chi connectivity index (χ2v) is 4.63. The minimum atomic E-state index is 0.180. The van der Waals surface area contributed by atoms with Gasteiger partial charge in [0, 0.05) is 0 Å². The average Bonchev–Trinajstić information content (AvgIpc) is 2.30. The second-order valence-electron chi connectivity index (χ2n) is 4.63. The molecular formula is C16H18O2. The summed E-state index contributed by atoms with van der Waals surface area (Å²) in [5, 5.41) is 9.65. The third-order valence-corrected chi connectivity index (χ3v) is 3.08. The third-order valence-electron chi connectivity index (χ3n) is 3.08. The summed E-state index contributed by atoms with van der Waals surface area (Å²) in [5.41, 5.74) is 4.89. The highest BCUT2D eigenvalue weighted by Crippen LogP contribution is 2.26. The van der Waals surface area contributed by atoms with Crippen LogP contribution in [0.5, 0.6) is 11.5 Å². The van der Waals surface area contributed by atoms with Crippen molar-refractivity contribution in [2.75, 3.05) is 0 Å². The molecule has 2 aromatic carbocycles. The van der Waals surface area contributed by atoms with E-state index in [0.717, 1.165) is 0 Å². The summed E-state index contributed by atoms with van der Waals surface area (Å²) in [7, 11) is 0. The molecule has 0 aliphatic heterocycles. The van der Waals surface area contributed by atoms with Crippen LogP contribution in [-0.4, -0.2) is 5.11 Å². The van der Waals surface area contributed by atoms with Crippen LogP contribution in [0.2, 0.25) is 0 Å². The maximum absolute atomic E-state index is 9.65. The molecule has 0 fully saturated rings. The number of phenols is 1. The number of para-hydroxylation sites is 2. The van der Waals surface area contributed by atoms with Crippen molar-refractivity contribution >= 4 is 0 Å². The highest BCUT2D eigenvalue weighted by Gasteiger charge is 2.06. The predicted octanol–water partition coefficient (Wildman–Crippen LogP) is 3.90. The highest BCUT2D eigenvalue weighted by atomic mass is 16.5. The van der Waals surface area contributed by atoms with Crippen LogP contribution in [0, 0.1) is 20.8 Å². The Kier molecular flexibility index (Phi) is 3.56. The van der Waals surface area contributed by atoms with Gasteiger partial charge < -0.3 is 9.84 Å². The molecular weight excluding hydrogens is 224 g/mol. The molecule has 1 N–H and O–H groups in total. The Balaban J connectivity index is 2.19. The summed E-state index contributed by atoms with van der Waals surface area (Å²) < 4.78 is 5.67. The maximum atomic E-state index is 9.65. The first-order chi connectivity index (χ1) is 8.58. The molecule has 0 saturated heterocycles. The molecule has 2 aromatic rings. The second kappa shape index (κ2) is 5.13. The molecule has 0 saturated carbocycles. The highest BCUT2D eigenvalue weighted by molar-refractivity contribution is 5.40. The van der Waals surface area contributed by atoms with Gasteiger partial charge in [-0.3, -0.25) is 0 Å². The molecule has 0 aliphatic carbocycles. The summed E-state index contributed by atoms with van der Waals surface area (Å²) in [5.74, 6) is 0.705. The Morgan fingerprint density at radius 3 is 2.22 bits per heavy atom. The fraction of sp³-hybridized carbons (Fsp3) is 0.250. The van der Waals surface area contributed by atoms with Gasteiger partial charge in [-0.15, -0.1) is 0 Å². The quantitative estimate of drug-likeness (QED) is 0.884. The van der Waals surface area contributed by atoms with Gasteiger partial charge in [0.15, 0.2) is 11.5 Å². The molecule has 0 amide bonds. The van der Waals surface area contributed by atoms with Gasteiger partial charge in [-0.2, -0.15) is 0 Å². The standard InChI is InChI=1S/C16H18O2/c1-11-8-12(2)14(13(3)9-11)10-18-16-7-5-4-6-15(16)17/h4-9,17H,10H2,1-3H3. The van der Waals surface area contributed by atoms with Crippen LogP contribution in [0.25, 0.3) is 0 Å². The molecule has 0 heterocycles. The van der Waals surface area contributed by atoms with Crippen LogP contribution in [0.15, 0.2) is 36.4 Å². The topological polar surface area (TPSA) is 29.5 Å². The Bertz CT molecular complexity index is 536. The van der Waals surface area contributed by atoms with Crippen molar-refractivity contribution < 1.29 is 9.84 Å². The lowest BCUT2D eigenvalue weighted by molar-refractivity contribution is 0.287. The number of ether oxygens (including phenoxy) is 1. The molecule has 18 heavy (non-hydrogen) atoms. The van der Waals surface area contributed by atoms with Crippen LogP contribution < -0.4 is 4.74 Å². The average molecular weight is 242 g/mol. The minimum Gasteiger partial charge on any atom is -0.504 e. The number of aromatic hydroxyl groups is 1. The van der Waals surface area contributed by atoms with Crippen LogP contribution >= 0.6 is 0 Å². The number of phenolic OH excluding ortho intramolecular Hbond substituents is 1. The number of aryl methyl sites for hydroxylation is 3. The van der Waals surface area contributed by atoms with Crippen LogP contribution in [0.4, 0.5) is 0 Å². The van der Waals surface area contributed by atoms with E-state index >= 15 is 0 Å². The lowest BCUT2D eigenvalue weighted by Crippen LogP contribution is -2.01. The number of benzene rings is 2. The van der Waals surface area contributed by atoms with E-state index in [1.165, 1.54) is 22.3 Å². The lowest BCUT2D eigenvalue weighted by Gasteiger charge is -2.13. The Morgan fingerprint density at radius 1 is 1.00 bits per heavy atom. The lowest BCUT2D eigenvalue weighted by atomic mass is 10.0. The predicted molar refractivity (Wildman–Crippen MR) is 73.1 cm³/mol. The van der Waals surface area contributed by atoms with E-state index in [1.54, 1.807) is 18.2 Å². The molecule has 0 bridgehead atoms. The van der Waals surface area contributed by atoms with E-state index in [-0.39, 0.29) is 5.75 Å². The smallest absolute Gasteiger partial charge is 0.161 e. The van der Waals surface area contributed by atoms with Crippen LogP contribution in [0.1, 0.15) is 22.3 Å².